The van der Waals surface area contributed by atoms with E-state index < -0.39 is 12.7 Å². The van der Waals surface area contributed by atoms with E-state index in [9.17, 15) is 13.2 Å². The molecule has 1 aliphatic rings. The number of benzene rings is 1. The SMILES string of the molecule is CCNC(=NCC1CCN(CC(F)(F)F)C1)N(C)Cc1ccc(CC)cc1. The van der Waals surface area contributed by atoms with Gasteiger partial charge in [0.15, 0.2) is 5.96 Å². The average Bonchev–Trinajstić information content (AvgIpc) is 3.04. The lowest BCUT2D eigenvalue weighted by Gasteiger charge is -2.23. The predicted octanol–water partition coefficient (Wildman–Crippen LogP) is 3.53. The third-order valence-corrected chi connectivity index (χ3v) is 4.82. The molecule has 1 unspecified atom stereocenters. The number of aryl methyl sites for hydroxylation is 1. The number of alkyl halides is 3. The summed E-state index contributed by atoms with van der Waals surface area (Å²) in [6.07, 6.45) is -2.34. The highest BCUT2D eigenvalue weighted by Crippen LogP contribution is 2.23. The Bertz CT molecular complexity index is 598. The van der Waals surface area contributed by atoms with Crippen LogP contribution in [0.5, 0.6) is 0 Å². The first kappa shape index (κ1) is 21.5. The summed E-state index contributed by atoms with van der Waals surface area (Å²) in [5.74, 6) is 0.976. The summed E-state index contributed by atoms with van der Waals surface area (Å²) in [5.41, 5.74) is 2.52. The molecule has 0 saturated carbocycles. The molecule has 7 heteroatoms. The van der Waals surface area contributed by atoms with Gasteiger partial charge in [-0.25, -0.2) is 0 Å². The molecule has 0 aliphatic carbocycles. The number of rotatable bonds is 7. The third-order valence-electron chi connectivity index (χ3n) is 4.82. The predicted molar refractivity (Wildman–Crippen MR) is 104 cm³/mol. The fourth-order valence-corrected chi connectivity index (χ4v) is 3.37. The van der Waals surface area contributed by atoms with Crippen molar-refractivity contribution in [2.75, 3.05) is 39.8 Å². The highest BCUT2D eigenvalue weighted by molar-refractivity contribution is 5.79. The maximum Gasteiger partial charge on any atom is 0.401 e. The van der Waals surface area contributed by atoms with E-state index in [1.807, 2.05) is 14.0 Å². The summed E-state index contributed by atoms with van der Waals surface area (Å²) in [5, 5.41) is 3.28. The van der Waals surface area contributed by atoms with Gasteiger partial charge in [-0.05, 0) is 43.4 Å². The Kier molecular flexibility index (Phi) is 7.95. The summed E-state index contributed by atoms with van der Waals surface area (Å²) in [6.45, 7) is 6.33. The van der Waals surface area contributed by atoms with Gasteiger partial charge in [-0.2, -0.15) is 13.2 Å². The Morgan fingerprint density at radius 2 is 1.89 bits per heavy atom. The van der Waals surface area contributed by atoms with Crippen LogP contribution < -0.4 is 5.32 Å². The Hall–Kier alpha value is -1.76. The minimum absolute atomic E-state index is 0.179. The van der Waals surface area contributed by atoms with Crippen molar-refractivity contribution in [3.8, 4) is 0 Å². The number of nitrogens with one attached hydrogen (secondary N) is 1. The number of guanidine groups is 1. The molecule has 2 rings (SSSR count). The van der Waals surface area contributed by atoms with E-state index in [-0.39, 0.29) is 5.92 Å². The lowest BCUT2D eigenvalue weighted by atomic mass is 10.1. The highest BCUT2D eigenvalue weighted by atomic mass is 19.4. The second-order valence-corrected chi connectivity index (χ2v) is 7.23. The van der Waals surface area contributed by atoms with Crippen LogP contribution in [0.15, 0.2) is 29.3 Å². The summed E-state index contributed by atoms with van der Waals surface area (Å²) in [7, 11) is 1.99. The first-order chi connectivity index (χ1) is 12.8. The zero-order valence-corrected chi connectivity index (χ0v) is 16.5. The van der Waals surface area contributed by atoms with Gasteiger partial charge in [0.05, 0.1) is 6.54 Å². The Labute approximate surface area is 160 Å². The van der Waals surface area contributed by atoms with Gasteiger partial charge in [-0.15, -0.1) is 0 Å². The van der Waals surface area contributed by atoms with Crippen molar-refractivity contribution in [3.05, 3.63) is 35.4 Å². The molecule has 1 atom stereocenters. The van der Waals surface area contributed by atoms with Crippen molar-refractivity contribution < 1.29 is 13.2 Å². The number of nitrogens with zero attached hydrogens (tertiary/aromatic N) is 3. The Morgan fingerprint density at radius 1 is 1.22 bits per heavy atom. The molecule has 1 aromatic rings. The summed E-state index contributed by atoms with van der Waals surface area (Å²) in [4.78, 5) is 8.22. The van der Waals surface area contributed by atoms with Crippen molar-refractivity contribution in [1.29, 1.82) is 0 Å². The van der Waals surface area contributed by atoms with Crippen LogP contribution in [0, 0.1) is 5.92 Å². The zero-order chi connectivity index (χ0) is 19.9. The number of hydrogen-bond donors (Lipinski definition) is 1. The van der Waals surface area contributed by atoms with Crippen molar-refractivity contribution in [2.24, 2.45) is 10.9 Å². The number of halogens is 3. The van der Waals surface area contributed by atoms with E-state index in [0.717, 1.165) is 31.9 Å². The van der Waals surface area contributed by atoms with Crippen LogP contribution in [0.4, 0.5) is 13.2 Å². The van der Waals surface area contributed by atoms with Gasteiger partial charge in [0.1, 0.15) is 0 Å². The fourth-order valence-electron chi connectivity index (χ4n) is 3.37. The molecule has 0 spiro atoms. The quantitative estimate of drug-likeness (QED) is 0.576. The normalized spacial score (nSPS) is 18.7. The lowest BCUT2D eigenvalue weighted by molar-refractivity contribution is -0.143. The van der Waals surface area contributed by atoms with Crippen LogP contribution in [0.3, 0.4) is 0 Å². The van der Waals surface area contributed by atoms with Crippen LogP contribution in [0.1, 0.15) is 31.4 Å². The van der Waals surface area contributed by atoms with Gasteiger partial charge in [0.2, 0.25) is 0 Å². The molecule has 1 aromatic carbocycles. The van der Waals surface area contributed by atoms with Crippen molar-refractivity contribution in [2.45, 2.75) is 39.4 Å². The van der Waals surface area contributed by atoms with Crippen LogP contribution in [0.25, 0.3) is 0 Å². The smallest absolute Gasteiger partial charge is 0.357 e. The molecular weight excluding hydrogens is 353 g/mol. The first-order valence-electron chi connectivity index (χ1n) is 9.67. The summed E-state index contributed by atoms with van der Waals surface area (Å²) >= 11 is 0. The largest absolute Gasteiger partial charge is 0.401 e. The standard InChI is InChI=1S/C20H31F3N4/c1-4-16-6-8-17(9-7-16)13-26(3)19(24-5-2)25-12-18-10-11-27(14-18)15-20(21,22)23/h6-9,18H,4-5,10-15H2,1-3H3,(H,24,25). The lowest BCUT2D eigenvalue weighted by Crippen LogP contribution is -2.39. The second-order valence-electron chi connectivity index (χ2n) is 7.23. The zero-order valence-electron chi connectivity index (χ0n) is 16.5. The molecule has 1 N–H and O–H groups in total. The van der Waals surface area contributed by atoms with Crippen LogP contribution in [-0.2, 0) is 13.0 Å². The van der Waals surface area contributed by atoms with Gasteiger partial charge < -0.3 is 10.2 Å². The van der Waals surface area contributed by atoms with E-state index in [4.69, 9.17) is 0 Å². The molecule has 0 radical (unpaired) electrons. The van der Waals surface area contributed by atoms with E-state index in [1.54, 1.807) is 0 Å². The topological polar surface area (TPSA) is 30.9 Å². The molecule has 0 amide bonds. The molecule has 1 saturated heterocycles. The molecule has 152 valence electrons. The average molecular weight is 384 g/mol. The minimum Gasteiger partial charge on any atom is -0.357 e. The summed E-state index contributed by atoms with van der Waals surface area (Å²) in [6, 6.07) is 8.54. The molecule has 27 heavy (non-hydrogen) atoms. The number of hydrogen-bond acceptors (Lipinski definition) is 2. The third kappa shape index (κ3) is 7.40. The van der Waals surface area contributed by atoms with E-state index in [0.29, 0.717) is 19.6 Å². The van der Waals surface area contributed by atoms with Crippen LogP contribution in [-0.4, -0.2) is 61.7 Å². The Morgan fingerprint density at radius 3 is 2.48 bits per heavy atom. The molecule has 1 fully saturated rings. The van der Waals surface area contributed by atoms with Gasteiger partial charge in [-0.3, -0.25) is 9.89 Å². The molecule has 4 nitrogen and oxygen atoms in total. The molecular formula is C20H31F3N4. The molecule has 1 heterocycles. The number of aliphatic imine (C=N–C) groups is 1. The van der Waals surface area contributed by atoms with Gasteiger partial charge in [-0.1, -0.05) is 31.2 Å². The van der Waals surface area contributed by atoms with Crippen LogP contribution in [0.2, 0.25) is 0 Å². The van der Waals surface area contributed by atoms with Crippen molar-refractivity contribution in [1.82, 2.24) is 15.1 Å². The van der Waals surface area contributed by atoms with Gasteiger partial charge >= 0.3 is 6.18 Å². The minimum atomic E-state index is -4.12. The van der Waals surface area contributed by atoms with E-state index in [1.165, 1.54) is 16.0 Å². The maximum absolute atomic E-state index is 12.5. The second kappa shape index (κ2) is 9.97. The number of likely N-dealkylation sites (tertiary alicyclic amines) is 1. The fraction of sp³-hybridized carbons (Fsp3) is 0.650. The van der Waals surface area contributed by atoms with Crippen LogP contribution >= 0.6 is 0 Å². The molecule has 1 aliphatic heterocycles. The van der Waals surface area contributed by atoms with E-state index >= 15 is 0 Å². The Balaban J connectivity index is 1.91. The van der Waals surface area contributed by atoms with E-state index in [2.05, 4.69) is 46.4 Å². The molecule has 0 bridgehead atoms. The van der Waals surface area contributed by atoms with Gasteiger partial charge in [0.25, 0.3) is 0 Å². The van der Waals surface area contributed by atoms with Crippen molar-refractivity contribution in [3.63, 3.8) is 0 Å². The first-order valence-corrected chi connectivity index (χ1v) is 9.67. The molecule has 0 aromatic heterocycles. The van der Waals surface area contributed by atoms with Gasteiger partial charge in [0, 0.05) is 33.2 Å². The summed E-state index contributed by atoms with van der Waals surface area (Å²) < 4.78 is 37.6. The van der Waals surface area contributed by atoms with Crippen molar-refractivity contribution >= 4 is 5.96 Å². The highest BCUT2D eigenvalue weighted by Gasteiger charge is 2.34. The maximum atomic E-state index is 12.5. The monoisotopic (exact) mass is 384 g/mol.